The minimum absolute atomic E-state index is 0.538. The summed E-state index contributed by atoms with van der Waals surface area (Å²) in [6.07, 6.45) is 2.80. The van der Waals surface area contributed by atoms with E-state index in [1.807, 2.05) is 0 Å². The predicted octanol–water partition coefficient (Wildman–Crippen LogP) is 2.35. The lowest BCUT2D eigenvalue weighted by Crippen LogP contribution is -2.44. The highest BCUT2D eigenvalue weighted by Crippen LogP contribution is 2.68. The van der Waals surface area contributed by atoms with Crippen LogP contribution in [0.15, 0.2) is 0 Å². The summed E-state index contributed by atoms with van der Waals surface area (Å²) >= 11 is 0. The van der Waals surface area contributed by atoms with Crippen molar-refractivity contribution in [3.63, 3.8) is 0 Å². The zero-order valence-electron chi connectivity index (χ0n) is 11.9. The first-order chi connectivity index (χ1) is 7.93. The fraction of sp³-hybridized carbons (Fsp3) is 1.00. The summed E-state index contributed by atoms with van der Waals surface area (Å²) in [5.74, 6) is 1.81. The quantitative estimate of drug-likeness (QED) is 0.809. The first kappa shape index (κ1) is 12.0. The molecule has 3 rings (SSSR count). The van der Waals surface area contributed by atoms with Crippen molar-refractivity contribution in [2.75, 3.05) is 26.2 Å². The summed E-state index contributed by atoms with van der Waals surface area (Å²) < 4.78 is 0. The van der Waals surface area contributed by atoms with Crippen LogP contribution in [0, 0.1) is 22.7 Å². The molecule has 17 heavy (non-hydrogen) atoms. The molecule has 2 bridgehead atoms. The predicted molar refractivity (Wildman–Crippen MR) is 72.0 cm³/mol. The molecule has 1 saturated carbocycles. The molecule has 3 atom stereocenters. The van der Waals surface area contributed by atoms with Crippen LogP contribution in [0.2, 0.25) is 0 Å². The third-order valence-electron chi connectivity index (χ3n) is 6.54. The Bertz CT molecular complexity index is 294. The molecule has 2 saturated heterocycles. The Labute approximate surface area is 106 Å². The van der Waals surface area contributed by atoms with Crippen LogP contribution in [0.4, 0.5) is 0 Å². The number of rotatable bonds is 3. The van der Waals surface area contributed by atoms with Crippen LogP contribution < -0.4 is 5.32 Å². The van der Waals surface area contributed by atoms with Gasteiger partial charge >= 0.3 is 0 Å². The second kappa shape index (κ2) is 3.71. The SMILES string of the molecule is CC1(C)C(CNC2CCN3CCC2C3)C1(C)C. The van der Waals surface area contributed by atoms with Crippen LogP contribution in [-0.2, 0) is 0 Å². The fourth-order valence-corrected chi connectivity index (χ4v) is 4.33. The van der Waals surface area contributed by atoms with Gasteiger partial charge in [0, 0.05) is 12.6 Å². The topological polar surface area (TPSA) is 15.3 Å². The molecule has 3 fully saturated rings. The van der Waals surface area contributed by atoms with Gasteiger partial charge in [-0.25, -0.2) is 0 Å². The maximum absolute atomic E-state index is 3.90. The van der Waals surface area contributed by atoms with Crippen LogP contribution in [0.1, 0.15) is 40.5 Å². The number of nitrogens with one attached hydrogen (secondary N) is 1. The van der Waals surface area contributed by atoms with Gasteiger partial charge in [-0.05, 0) is 55.1 Å². The van der Waals surface area contributed by atoms with Crippen molar-refractivity contribution in [2.24, 2.45) is 22.7 Å². The zero-order chi connectivity index (χ0) is 12.3. The summed E-state index contributed by atoms with van der Waals surface area (Å²) in [6.45, 7) is 15.0. The third kappa shape index (κ3) is 1.76. The van der Waals surface area contributed by atoms with Crippen LogP contribution in [-0.4, -0.2) is 37.1 Å². The van der Waals surface area contributed by atoms with Gasteiger partial charge in [-0.1, -0.05) is 27.7 Å². The first-order valence-corrected chi connectivity index (χ1v) is 7.38. The van der Waals surface area contributed by atoms with Crippen LogP contribution in [0.25, 0.3) is 0 Å². The maximum atomic E-state index is 3.90. The van der Waals surface area contributed by atoms with Crippen molar-refractivity contribution in [1.82, 2.24) is 10.2 Å². The molecule has 0 amide bonds. The lowest BCUT2D eigenvalue weighted by Gasteiger charge is -2.31. The fourth-order valence-electron chi connectivity index (χ4n) is 4.33. The van der Waals surface area contributed by atoms with E-state index in [9.17, 15) is 0 Å². The second-order valence-corrected chi connectivity index (χ2v) is 7.65. The van der Waals surface area contributed by atoms with Crippen molar-refractivity contribution < 1.29 is 0 Å². The van der Waals surface area contributed by atoms with E-state index in [2.05, 4.69) is 37.9 Å². The summed E-state index contributed by atoms with van der Waals surface area (Å²) in [4.78, 5) is 2.63. The van der Waals surface area contributed by atoms with Crippen LogP contribution >= 0.6 is 0 Å². The molecule has 0 aromatic heterocycles. The van der Waals surface area contributed by atoms with Crippen LogP contribution in [0.5, 0.6) is 0 Å². The Morgan fingerprint density at radius 1 is 1.06 bits per heavy atom. The van der Waals surface area contributed by atoms with E-state index in [1.165, 1.54) is 39.0 Å². The van der Waals surface area contributed by atoms with Crippen LogP contribution in [0.3, 0.4) is 0 Å². The van der Waals surface area contributed by atoms with Crippen molar-refractivity contribution in [1.29, 1.82) is 0 Å². The number of hydrogen-bond acceptors (Lipinski definition) is 2. The van der Waals surface area contributed by atoms with E-state index in [0.29, 0.717) is 10.8 Å². The van der Waals surface area contributed by atoms with E-state index in [4.69, 9.17) is 0 Å². The zero-order valence-corrected chi connectivity index (χ0v) is 11.9. The van der Waals surface area contributed by atoms with Crippen molar-refractivity contribution >= 4 is 0 Å². The number of nitrogens with zero attached hydrogens (tertiary/aromatic N) is 1. The molecule has 98 valence electrons. The minimum Gasteiger partial charge on any atom is -0.313 e. The number of fused-ring (bicyclic) bond motifs is 2. The molecule has 0 spiro atoms. The summed E-state index contributed by atoms with van der Waals surface area (Å²) in [5, 5.41) is 3.90. The third-order valence-corrected chi connectivity index (χ3v) is 6.54. The molecule has 1 N–H and O–H groups in total. The van der Waals surface area contributed by atoms with E-state index in [1.54, 1.807) is 0 Å². The molecule has 2 heterocycles. The van der Waals surface area contributed by atoms with E-state index < -0.39 is 0 Å². The Morgan fingerprint density at radius 2 is 1.71 bits per heavy atom. The smallest absolute Gasteiger partial charge is 0.0120 e. The normalized spacial score (nSPS) is 42.7. The van der Waals surface area contributed by atoms with Gasteiger partial charge in [-0.3, -0.25) is 0 Å². The average Bonchev–Trinajstić information content (AvgIpc) is 2.60. The molecular formula is C15H28N2. The van der Waals surface area contributed by atoms with Crippen molar-refractivity contribution in [2.45, 2.75) is 46.6 Å². The standard InChI is InChI=1S/C15H28N2/c1-14(2)13(15(14,3)4)9-16-12-6-8-17-7-5-11(12)10-17/h11-13,16H,5-10H2,1-4H3. The highest BCUT2D eigenvalue weighted by atomic mass is 15.2. The number of piperidine rings is 1. The Morgan fingerprint density at radius 3 is 2.35 bits per heavy atom. The minimum atomic E-state index is 0.538. The number of hydrogen-bond donors (Lipinski definition) is 1. The van der Waals surface area contributed by atoms with Gasteiger partial charge in [0.25, 0.3) is 0 Å². The van der Waals surface area contributed by atoms with E-state index in [-0.39, 0.29) is 0 Å². The second-order valence-electron chi connectivity index (χ2n) is 7.65. The lowest BCUT2D eigenvalue weighted by atomic mass is 9.94. The highest BCUT2D eigenvalue weighted by Gasteiger charge is 2.64. The molecule has 0 aromatic carbocycles. The molecule has 3 aliphatic rings. The van der Waals surface area contributed by atoms with Gasteiger partial charge in [-0.15, -0.1) is 0 Å². The Hall–Kier alpha value is -0.0800. The largest absolute Gasteiger partial charge is 0.313 e. The van der Waals surface area contributed by atoms with Crippen molar-refractivity contribution in [3.8, 4) is 0 Å². The molecule has 2 aliphatic heterocycles. The van der Waals surface area contributed by atoms with Gasteiger partial charge in [-0.2, -0.15) is 0 Å². The molecule has 0 aromatic rings. The highest BCUT2D eigenvalue weighted by molar-refractivity contribution is 5.13. The molecule has 2 nitrogen and oxygen atoms in total. The Balaban J connectivity index is 1.52. The molecular weight excluding hydrogens is 208 g/mol. The maximum Gasteiger partial charge on any atom is 0.0120 e. The molecule has 0 radical (unpaired) electrons. The molecule has 1 aliphatic carbocycles. The lowest BCUT2D eigenvalue weighted by molar-refractivity contribution is 0.218. The molecule has 3 unspecified atom stereocenters. The monoisotopic (exact) mass is 236 g/mol. The average molecular weight is 236 g/mol. The Kier molecular flexibility index (Phi) is 2.61. The summed E-state index contributed by atoms with van der Waals surface area (Å²) in [6, 6.07) is 0.806. The van der Waals surface area contributed by atoms with Gasteiger partial charge in [0.2, 0.25) is 0 Å². The van der Waals surface area contributed by atoms with E-state index >= 15 is 0 Å². The summed E-state index contributed by atoms with van der Waals surface area (Å²) in [7, 11) is 0. The van der Waals surface area contributed by atoms with Crippen molar-refractivity contribution in [3.05, 3.63) is 0 Å². The van der Waals surface area contributed by atoms with E-state index in [0.717, 1.165) is 17.9 Å². The van der Waals surface area contributed by atoms with Gasteiger partial charge in [0.15, 0.2) is 0 Å². The van der Waals surface area contributed by atoms with Gasteiger partial charge in [0.05, 0.1) is 0 Å². The van der Waals surface area contributed by atoms with Gasteiger partial charge in [0.1, 0.15) is 0 Å². The summed E-state index contributed by atoms with van der Waals surface area (Å²) in [5.41, 5.74) is 1.08. The first-order valence-electron chi connectivity index (χ1n) is 7.38. The molecule has 2 heteroatoms. The van der Waals surface area contributed by atoms with Gasteiger partial charge < -0.3 is 10.2 Å².